The summed E-state index contributed by atoms with van der Waals surface area (Å²) < 4.78 is 2.14. The second-order valence-electron chi connectivity index (χ2n) is 4.98. The van der Waals surface area contributed by atoms with Crippen molar-refractivity contribution in [3.63, 3.8) is 0 Å². The van der Waals surface area contributed by atoms with E-state index in [1.807, 2.05) is 0 Å². The molecule has 1 aliphatic carbocycles. The molecule has 1 unspecified atom stereocenters. The molecular formula is C12H19N3. The van der Waals surface area contributed by atoms with Crippen LogP contribution in [0.2, 0.25) is 0 Å². The van der Waals surface area contributed by atoms with Crippen molar-refractivity contribution >= 4 is 0 Å². The molecule has 1 aromatic rings. The summed E-state index contributed by atoms with van der Waals surface area (Å²) in [5.41, 5.74) is 1.47. The lowest BCUT2D eigenvalue weighted by atomic mass is 9.81. The molecule has 1 aromatic heterocycles. The van der Waals surface area contributed by atoms with Crippen LogP contribution in [0.25, 0.3) is 0 Å². The molecule has 0 radical (unpaired) electrons. The van der Waals surface area contributed by atoms with Gasteiger partial charge in [-0.2, -0.15) is 5.10 Å². The maximum Gasteiger partial charge on any atom is 0.0524 e. The maximum absolute atomic E-state index is 4.47. The normalized spacial score (nSPS) is 26.8. The third-order valence-corrected chi connectivity index (χ3v) is 3.84. The number of aromatic nitrogens is 2. The van der Waals surface area contributed by atoms with Crippen LogP contribution in [-0.2, 0) is 6.54 Å². The molecule has 2 fully saturated rings. The first-order valence-electron chi connectivity index (χ1n) is 6.15. The summed E-state index contributed by atoms with van der Waals surface area (Å²) >= 11 is 0. The van der Waals surface area contributed by atoms with Crippen molar-refractivity contribution in [1.82, 2.24) is 15.1 Å². The molecule has 82 valence electrons. The van der Waals surface area contributed by atoms with Gasteiger partial charge in [-0.05, 0) is 49.8 Å². The molecule has 3 nitrogen and oxygen atoms in total. The lowest BCUT2D eigenvalue weighted by Crippen LogP contribution is -2.14. The van der Waals surface area contributed by atoms with Gasteiger partial charge in [0.25, 0.3) is 0 Å². The molecule has 1 atom stereocenters. The molecule has 1 saturated carbocycles. The van der Waals surface area contributed by atoms with Crippen molar-refractivity contribution in [3.8, 4) is 0 Å². The fraction of sp³-hybridized carbons (Fsp3) is 0.750. The summed E-state index contributed by atoms with van der Waals surface area (Å²) in [6.07, 6.45) is 9.79. The Morgan fingerprint density at radius 3 is 3.00 bits per heavy atom. The lowest BCUT2D eigenvalue weighted by molar-refractivity contribution is 0.417. The minimum atomic E-state index is 0.791. The average molecular weight is 205 g/mol. The van der Waals surface area contributed by atoms with Gasteiger partial charge in [0.2, 0.25) is 0 Å². The van der Waals surface area contributed by atoms with E-state index in [9.17, 15) is 0 Å². The van der Waals surface area contributed by atoms with E-state index in [0.717, 1.165) is 18.4 Å². The molecule has 0 spiro atoms. The predicted molar refractivity (Wildman–Crippen MR) is 59.8 cm³/mol. The molecule has 15 heavy (non-hydrogen) atoms. The molecule has 1 saturated heterocycles. The van der Waals surface area contributed by atoms with Crippen molar-refractivity contribution in [2.75, 3.05) is 13.1 Å². The van der Waals surface area contributed by atoms with Crippen LogP contribution in [0.4, 0.5) is 0 Å². The lowest BCUT2D eigenvalue weighted by Gasteiger charge is -2.23. The average Bonchev–Trinajstić information content (AvgIpc) is 2.75. The maximum atomic E-state index is 4.47. The molecule has 1 N–H and O–H groups in total. The van der Waals surface area contributed by atoms with Crippen molar-refractivity contribution in [1.29, 1.82) is 0 Å². The fourth-order valence-corrected chi connectivity index (χ4v) is 2.57. The van der Waals surface area contributed by atoms with Gasteiger partial charge in [-0.25, -0.2) is 0 Å². The summed E-state index contributed by atoms with van der Waals surface area (Å²) in [4.78, 5) is 0. The third kappa shape index (κ3) is 1.93. The Balaban J connectivity index is 1.62. The van der Waals surface area contributed by atoms with Crippen LogP contribution in [0.1, 0.15) is 37.2 Å². The van der Waals surface area contributed by atoms with Crippen LogP contribution in [0.15, 0.2) is 12.4 Å². The Bertz CT molecular complexity index is 321. The van der Waals surface area contributed by atoms with Gasteiger partial charge < -0.3 is 5.32 Å². The van der Waals surface area contributed by atoms with E-state index in [1.54, 1.807) is 0 Å². The zero-order valence-electron chi connectivity index (χ0n) is 9.15. The van der Waals surface area contributed by atoms with Gasteiger partial charge in [0.05, 0.1) is 6.20 Å². The minimum absolute atomic E-state index is 0.791. The van der Waals surface area contributed by atoms with Crippen LogP contribution >= 0.6 is 0 Å². The molecule has 3 rings (SSSR count). The summed E-state index contributed by atoms with van der Waals surface area (Å²) in [5, 5.41) is 7.87. The Morgan fingerprint density at radius 2 is 2.33 bits per heavy atom. The standard InChI is InChI=1S/C12H19N3/c1-2-11(3-1)12-7-14-15(9-12)8-10-4-5-13-6-10/h7,9-11,13H,1-6,8H2. The van der Waals surface area contributed by atoms with E-state index in [2.05, 4.69) is 27.5 Å². The van der Waals surface area contributed by atoms with Crippen molar-refractivity contribution < 1.29 is 0 Å². The van der Waals surface area contributed by atoms with Gasteiger partial charge in [-0.3, -0.25) is 4.68 Å². The second-order valence-corrected chi connectivity index (χ2v) is 4.98. The molecule has 2 aliphatic rings. The van der Waals surface area contributed by atoms with E-state index in [-0.39, 0.29) is 0 Å². The third-order valence-electron chi connectivity index (χ3n) is 3.84. The zero-order chi connectivity index (χ0) is 10.1. The summed E-state index contributed by atoms with van der Waals surface area (Å²) in [6.45, 7) is 3.44. The van der Waals surface area contributed by atoms with E-state index < -0.39 is 0 Å². The van der Waals surface area contributed by atoms with Gasteiger partial charge in [0, 0.05) is 12.7 Å². The van der Waals surface area contributed by atoms with Crippen LogP contribution < -0.4 is 5.32 Å². The Morgan fingerprint density at radius 1 is 1.40 bits per heavy atom. The van der Waals surface area contributed by atoms with Crippen LogP contribution in [-0.4, -0.2) is 22.9 Å². The molecule has 3 heteroatoms. The van der Waals surface area contributed by atoms with Gasteiger partial charge in [-0.1, -0.05) is 6.42 Å². The van der Waals surface area contributed by atoms with Gasteiger partial charge >= 0.3 is 0 Å². The van der Waals surface area contributed by atoms with E-state index in [4.69, 9.17) is 0 Å². The first-order valence-corrected chi connectivity index (χ1v) is 6.15. The monoisotopic (exact) mass is 205 g/mol. The highest BCUT2D eigenvalue weighted by Crippen LogP contribution is 2.35. The van der Waals surface area contributed by atoms with E-state index in [1.165, 1.54) is 44.3 Å². The van der Waals surface area contributed by atoms with Crippen LogP contribution in [0.3, 0.4) is 0 Å². The summed E-state index contributed by atoms with van der Waals surface area (Å²) in [7, 11) is 0. The predicted octanol–water partition coefficient (Wildman–Crippen LogP) is 1.76. The molecular weight excluding hydrogens is 186 g/mol. The number of hydrogen-bond acceptors (Lipinski definition) is 2. The van der Waals surface area contributed by atoms with Crippen molar-refractivity contribution in [3.05, 3.63) is 18.0 Å². The fourth-order valence-electron chi connectivity index (χ4n) is 2.57. The van der Waals surface area contributed by atoms with Gasteiger partial charge in [-0.15, -0.1) is 0 Å². The highest BCUT2D eigenvalue weighted by molar-refractivity contribution is 5.13. The number of nitrogens with zero attached hydrogens (tertiary/aromatic N) is 2. The largest absolute Gasteiger partial charge is 0.316 e. The quantitative estimate of drug-likeness (QED) is 0.815. The highest BCUT2D eigenvalue weighted by Gasteiger charge is 2.21. The van der Waals surface area contributed by atoms with Gasteiger partial charge in [0.1, 0.15) is 0 Å². The molecule has 0 aromatic carbocycles. The number of nitrogens with one attached hydrogen (secondary N) is 1. The zero-order valence-corrected chi connectivity index (χ0v) is 9.15. The highest BCUT2D eigenvalue weighted by atomic mass is 15.3. The minimum Gasteiger partial charge on any atom is -0.316 e. The topological polar surface area (TPSA) is 29.9 Å². The molecule has 1 aliphatic heterocycles. The Hall–Kier alpha value is -0.830. The second kappa shape index (κ2) is 3.97. The van der Waals surface area contributed by atoms with E-state index >= 15 is 0 Å². The SMILES string of the molecule is c1nn(CC2CCNC2)cc1C1CCC1. The first kappa shape index (κ1) is 9.40. The molecule has 2 heterocycles. The smallest absolute Gasteiger partial charge is 0.0524 e. The molecule has 0 bridgehead atoms. The van der Waals surface area contributed by atoms with Crippen LogP contribution in [0.5, 0.6) is 0 Å². The van der Waals surface area contributed by atoms with Crippen molar-refractivity contribution in [2.45, 2.75) is 38.1 Å². The summed E-state index contributed by atoms with van der Waals surface area (Å²) in [5.74, 6) is 1.61. The molecule has 0 amide bonds. The van der Waals surface area contributed by atoms with Crippen molar-refractivity contribution in [2.24, 2.45) is 5.92 Å². The Labute approximate surface area is 90.9 Å². The van der Waals surface area contributed by atoms with E-state index in [0.29, 0.717) is 0 Å². The van der Waals surface area contributed by atoms with Gasteiger partial charge in [0.15, 0.2) is 0 Å². The Kier molecular flexibility index (Phi) is 2.49. The first-order chi connectivity index (χ1) is 7.42. The van der Waals surface area contributed by atoms with Crippen LogP contribution in [0, 0.1) is 5.92 Å². The number of hydrogen-bond donors (Lipinski definition) is 1. The number of rotatable bonds is 3. The summed E-state index contributed by atoms with van der Waals surface area (Å²) in [6, 6.07) is 0.